The number of amides is 3. The molecule has 0 aliphatic carbocycles. The summed E-state index contributed by atoms with van der Waals surface area (Å²) in [4.78, 5) is 36.2. The van der Waals surface area contributed by atoms with Crippen LogP contribution in [0.3, 0.4) is 0 Å². The Morgan fingerprint density at radius 2 is 2.14 bits per heavy atom. The second kappa shape index (κ2) is 7.04. The molecule has 1 saturated heterocycles. The lowest BCUT2D eigenvalue weighted by Gasteiger charge is -2.24. The summed E-state index contributed by atoms with van der Waals surface area (Å²) >= 11 is 0. The van der Waals surface area contributed by atoms with Crippen molar-refractivity contribution >= 4 is 17.7 Å². The van der Waals surface area contributed by atoms with Crippen molar-refractivity contribution < 1.29 is 19.5 Å². The number of carbonyl (C=O) groups is 3. The largest absolute Gasteiger partial charge is 0.391 e. The van der Waals surface area contributed by atoms with E-state index in [0.29, 0.717) is 0 Å². The maximum absolute atomic E-state index is 12.2. The second-order valence-corrected chi connectivity index (χ2v) is 5.31. The lowest BCUT2D eigenvalue weighted by molar-refractivity contribution is -0.138. The van der Waals surface area contributed by atoms with Gasteiger partial charge in [-0.3, -0.25) is 14.4 Å². The maximum Gasteiger partial charge on any atom is 0.243 e. The zero-order valence-electron chi connectivity index (χ0n) is 12.1. The maximum atomic E-state index is 12.2. The van der Waals surface area contributed by atoms with Gasteiger partial charge in [0, 0.05) is 25.8 Å². The van der Waals surface area contributed by atoms with E-state index in [2.05, 4.69) is 5.32 Å². The predicted octanol–water partition coefficient (Wildman–Crippen LogP) is -1.51. The minimum atomic E-state index is -0.973. The monoisotopic (exact) mass is 296 g/mol. The van der Waals surface area contributed by atoms with Crippen LogP contribution in [0.4, 0.5) is 0 Å². The number of aliphatic hydroxyl groups excluding tert-OH is 1. The van der Waals surface area contributed by atoms with Crippen molar-refractivity contribution in [2.24, 2.45) is 11.7 Å². The minimum absolute atomic E-state index is 0.0866. The summed E-state index contributed by atoms with van der Waals surface area (Å²) in [6.45, 7) is 3.01. The number of nitriles is 1. The average Bonchev–Trinajstić information content (AvgIpc) is 2.79. The van der Waals surface area contributed by atoms with E-state index in [-0.39, 0.29) is 25.3 Å². The Morgan fingerprint density at radius 3 is 2.62 bits per heavy atom. The van der Waals surface area contributed by atoms with Crippen LogP contribution >= 0.6 is 0 Å². The van der Waals surface area contributed by atoms with Crippen molar-refractivity contribution in [2.75, 3.05) is 6.54 Å². The van der Waals surface area contributed by atoms with Crippen molar-refractivity contribution in [3.63, 3.8) is 0 Å². The van der Waals surface area contributed by atoms with E-state index in [1.165, 1.54) is 11.8 Å². The Hall–Kier alpha value is -2.14. The summed E-state index contributed by atoms with van der Waals surface area (Å²) in [7, 11) is 0. The molecule has 116 valence electrons. The Bertz CT molecular complexity index is 473. The molecule has 1 aliphatic rings. The number of hydrogen-bond donors (Lipinski definition) is 3. The van der Waals surface area contributed by atoms with Crippen molar-refractivity contribution in [2.45, 2.75) is 44.9 Å². The van der Waals surface area contributed by atoms with Crippen LogP contribution in [-0.2, 0) is 14.4 Å². The highest BCUT2D eigenvalue weighted by Crippen LogP contribution is 2.18. The zero-order valence-corrected chi connectivity index (χ0v) is 12.1. The fourth-order valence-corrected chi connectivity index (χ4v) is 2.33. The second-order valence-electron chi connectivity index (χ2n) is 5.31. The topological polar surface area (TPSA) is 137 Å². The van der Waals surface area contributed by atoms with E-state index in [1.807, 2.05) is 6.07 Å². The van der Waals surface area contributed by atoms with Crippen LogP contribution in [0, 0.1) is 17.2 Å². The van der Waals surface area contributed by atoms with Gasteiger partial charge in [0.15, 0.2) is 0 Å². The first-order valence-electron chi connectivity index (χ1n) is 6.70. The molecule has 0 saturated carbocycles. The first-order valence-corrected chi connectivity index (χ1v) is 6.70. The molecule has 0 unspecified atom stereocenters. The molecule has 1 aliphatic heterocycles. The quantitative estimate of drug-likeness (QED) is 0.566. The molecule has 0 spiro atoms. The smallest absolute Gasteiger partial charge is 0.243 e. The summed E-state index contributed by atoms with van der Waals surface area (Å²) in [6.07, 6.45) is -0.549. The van der Waals surface area contributed by atoms with Crippen LogP contribution in [0.15, 0.2) is 0 Å². The number of carbonyl (C=O) groups excluding carboxylic acids is 3. The van der Waals surface area contributed by atoms with E-state index in [4.69, 9.17) is 11.0 Å². The number of likely N-dealkylation sites (tertiary alicyclic amines) is 1. The van der Waals surface area contributed by atoms with Crippen LogP contribution in [0.25, 0.3) is 0 Å². The summed E-state index contributed by atoms with van der Waals surface area (Å²) in [5.74, 6) is -2.05. The van der Waals surface area contributed by atoms with Gasteiger partial charge in [0.2, 0.25) is 17.7 Å². The van der Waals surface area contributed by atoms with Crippen LogP contribution in [0.5, 0.6) is 0 Å². The Labute approximate surface area is 122 Å². The van der Waals surface area contributed by atoms with Crippen LogP contribution in [0.2, 0.25) is 0 Å². The number of hydrogen-bond acceptors (Lipinski definition) is 5. The Kier molecular flexibility index (Phi) is 5.67. The molecule has 4 atom stereocenters. The van der Waals surface area contributed by atoms with Crippen molar-refractivity contribution in [3.8, 4) is 6.07 Å². The van der Waals surface area contributed by atoms with Gasteiger partial charge in [-0.25, -0.2) is 0 Å². The van der Waals surface area contributed by atoms with Crippen molar-refractivity contribution in [1.29, 1.82) is 5.26 Å². The number of β-amino-alcohol motifs (C(OH)–C–C–N with tert-alkyl or cyclic N) is 1. The molecule has 0 radical (unpaired) electrons. The number of aliphatic hydroxyl groups is 1. The fourth-order valence-electron chi connectivity index (χ4n) is 2.33. The number of primary amides is 1. The fraction of sp³-hybridized carbons (Fsp3) is 0.692. The van der Waals surface area contributed by atoms with Gasteiger partial charge in [-0.1, -0.05) is 0 Å². The third kappa shape index (κ3) is 4.43. The van der Waals surface area contributed by atoms with E-state index < -0.39 is 35.9 Å². The van der Waals surface area contributed by atoms with E-state index in [1.54, 1.807) is 6.92 Å². The van der Waals surface area contributed by atoms with E-state index in [0.717, 1.165) is 0 Å². The summed E-state index contributed by atoms with van der Waals surface area (Å²) in [5, 5.41) is 20.8. The van der Waals surface area contributed by atoms with Gasteiger partial charge in [-0.15, -0.1) is 0 Å². The first-order chi connectivity index (χ1) is 9.76. The molecule has 0 bridgehead atoms. The van der Waals surface area contributed by atoms with Crippen molar-refractivity contribution in [1.82, 2.24) is 10.2 Å². The van der Waals surface area contributed by atoms with Gasteiger partial charge in [-0.05, 0) is 13.3 Å². The van der Waals surface area contributed by atoms with Crippen LogP contribution < -0.4 is 11.1 Å². The Morgan fingerprint density at radius 1 is 1.52 bits per heavy atom. The molecular weight excluding hydrogens is 276 g/mol. The minimum Gasteiger partial charge on any atom is -0.391 e. The van der Waals surface area contributed by atoms with Gasteiger partial charge in [0.25, 0.3) is 0 Å². The van der Waals surface area contributed by atoms with Crippen LogP contribution in [0.1, 0.15) is 26.7 Å². The molecule has 8 heteroatoms. The molecular formula is C13H20N4O4. The highest BCUT2D eigenvalue weighted by molar-refractivity contribution is 5.91. The molecule has 0 aromatic carbocycles. The third-order valence-electron chi connectivity index (χ3n) is 3.46. The molecule has 1 rings (SSSR count). The molecule has 0 aromatic rings. The van der Waals surface area contributed by atoms with Gasteiger partial charge in [0.1, 0.15) is 12.1 Å². The lowest BCUT2D eigenvalue weighted by Crippen LogP contribution is -2.52. The highest BCUT2D eigenvalue weighted by atomic mass is 16.3. The number of nitrogens with two attached hydrogens (primary N) is 1. The molecule has 0 aromatic heterocycles. The molecule has 21 heavy (non-hydrogen) atoms. The summed E-state index contributed by atoms with van der Waals surface area (Å²) < 4.78 is 0. The van der Waals surface area contributed by atoms with Crippen molar-refractivity contribution in [3.05, 3.63) is 0 Å². The predicted molar refractivity (Wildman–Crippen MR) is 72.3 cm³/mol. The lowest BCUT2D eigenvalue weighted by atomic mass is 10.0. The number of nitrogens with zero attached hydrogens (tertiary/aromatic N) is 2. The van der Waals surface area contributed by atoms with Crippen LogP contribution in [-0.4, -0.2) is 52.5 Å². The molecule has 1 heterocycles. The van der Waals surface area contributed by atoms with E-state index >= 15 is 0 Å². The number of nitrogens with one attached hydrogen (secondary N) is 1. The van der Waals surface area contributed by atoms with E-state index in [9.17, 15) is 19.5 Å². The Balaban J connectivity index is 2.75. The average molecular weight is 296 g/mol. The third-order valence-corrected chi connectivity index (χ3v) is 3.46. The first kappa shape index (κ1) is 16.9. The van der Waals surface area contributed by atoms with Gasteiger partial charge < -0.3 is 21.1 Å². The molecule has 8 nitrogen and oxygen atoms in total. The zero-order chi connectivity index (χ0) is 16.2. The molecule has 3 amide bonds. The van der Waals surface area contributed by atoms with Gasteiger partial charge >= 0.3 is 0 Å². The standard InChI is InChI=1S/C13H20N4O4/c1-7(5-14)3-10(12(15)20)16-13(21)11-4-9(19)6-17(11)8(2)18/h7,9-11,19H,3-4,6H2,1-2H3,(H2,15,20)(H,16,21)/t7-,9+,10+,11-/m0/s1. The number of rotatable bonds is 5. The SMILES string of the molecule is CC(=O)N1C[C@H](O)C[C@H]1C(=O)N[C@H](C[C@H](C)C#N)C(N)=O. The molecule has 4 N–H and O–H groups in total. The summed E-state index contributed by atoms with van der Waals surface area (Å²) in [6, 6.07) is 0.168. The van der Waals surface area contributed by atoms with Gasteiger partial charge in [0.05, 0.1) is 12.2 Å². The highest BCUT2D eigenvalue weighted by Gasteiger charge is 2.38. The summed E-state index contributed by atoms with van der Waals surface area (Å²) in [5.41, 5.74) is 5.22. The molecule has 1 fully saturated rings. The van der Waals surface area contributed by atoms with Gasteiger partial charge in [-0.2, -0.15) is 5.26 Å². The normalized spacial score (nSPS) is 24.0.